The molecule has 198 valence electrons. The van der Waals surface area contributed by atoms with E-state index >= 15 is 0 Å². The topological polar surface area (TPSA) is 3.24 Å². The fraction of sp³-hybridized carbons (Fsp3) is 0. The van der Waals surface area contributed by atoms with Gasteiger partial charge >= 0.3 is 234 Å². The maximum atomic E-state index is 2.44. The van der Waals surface area contributed by atoms with Crippen LogP contribution in [0.15, 0.2) is 164 Å². The minimum absolute atomic E-state index is 0.267. The fourth-order valence-electron chi connectivity index (χ4n) is 6.02. The van der Waals surface area contributed by atoms with Crippen molar-refractivity contribution in [2.75, 3.05) is 4.90 Å². The van der Waals surface area contributed by atoms with E-state index in [1.165, 1.54) is 58.0 Å². The van der Waals surface area contributed by atoms with E-state index in [1.54, 1.807) is 0 Å². The molecule has 0 unspecified atom stereocenters. The first-order chi connectivity index (χ1) is 20.8. The van der Waals surface area contributed by atoms with Gasteiger partial charge in [0.1, 0.15) is 0 Å². The molecular weight excluding hydrogens is 573 g/mol. The molecule has 0 fully saturated rings. The van der Waals surface area contributed by atoms with Crippen LogP contribution < -0.4 is 4.90 Å². The normalized spacial score (nSPS) is 11.3. The van der Waals surface area contributed by atoms with E-state index in [0.717, 1.165) is 11.4 Å². The van der Waals surface area contributed by atoms with Crippen LogP contribution in [-0.4, -0.2) is 14.5 Å². The summed E-state index contributed by atoms with van der Waals surface area (Å²) in [6.45, 7) is 0. The number of rotatable bonds is 5. The first kappa shape index (κ1) is 24.9. The molecule has 0 spiro atoms. The van der Waals surface area contributed by atoms with E-state index in [4.69, 9.17) is 0 Å². The van der Waals surface area contributed by atoms with Crippen LogP contribution >= 0.6 is 0 Å². The molecule has 42 heavy (non-hydrogen) atoms. The molecule has 8 aromatic rings. The predicted octanol–water partition coefficient (Wildman–Crippen LogP) is 11.0. The van der Waals surface area contributed by atoms with Crippen molar-refractivity contribution in [2.24, 2.45) is 0 Å². The van der Waals surface area contributed by atoms with Crippen LogP contribution in [0.25, 0.3) is 52.3 Å². The summed E-state index contributed by atoms with van der Waals surface area (Å²) >= 11 is 0.267. The molecule has 0 saturated carbocycles. The van der Waals surface area contributed by atoms with Gasteiger partial charge < -0.3 is 0 Å². The molecule has 8 rings (SSSR count). The summed E-state index contributed by atoms with van der Waals surface area (Å²) in [5, 5.41) is 5.50. The van der Waals surface area contributed by atoms with E-state index in [-0.39, 0.29) is 14.5 Å². The predicted molar refractivity (Wildman–Crippen MR) is 181 cm³/mol. The first-order valence-corrected chi connectivity index (χ1v) is 16.0. The number of para-hydroxylation sites is 2. The van der Waals surface area contributed by atoms with E-state index in [0.29, 0.717) is 0 Å². The summed E-state index contributed by atoms with van der Waals surface area (Å²) < 4.78 is 2.96. The summed E-state index contributed by atoms with van der Waals surface area (Å²) in [5.41, 5.74) is 8.37. The molecule has 0 radical (unpaired) electrons. The zero-order valence-corrected chi connectivity index (χ0v) is 24.7. The zero-order chi connectivity index (χ0) is 27.9. The molecule has 0 atom stereocenters. The van der Waals surface area contributed by atoms with Gasteiger partial charge in [0, 0.05) is 0 Å². The smallest absolute Gasteiger partial charge is 0.0617 e. The van der Waals surface area contributed by atoms with Crippen molar-refractivity contribution in [2.45, 2.75) is 0 Å². The number of benzene rings is 7. The molecule has 0 amide bonds. The van der Waals surface area contributed by atoms with Crippen molar-refractivity contribution >= 4 is 61.6 Å². The molecule has 0 N–H and O–H groups in total. The van der Waals surface area contributed by atoms with E-state index < -0.39 is 0 Å². The second-order valence-corrected chi connectivity index (χ2v) is 12.8. The van der Waals surface area contributed by atoms with Gasteiger partial charge in [-0.15, -0.1) is 0 Å². The summed E-state index contributed by atoms with van der Waals surface area (Å²) in [4.78, 5) is 2.38. The Hall–Kier alpha value is -4.88. The summed E-state index contributed by atoms with van der Waals surface area (Å²) in [7, 11) is 0. The maximum absolute atomic E-state index is 2.44. The molecule has 2 heteroatoms. The van der Waals surface area contributed by atoms with Crippen LogP contribution in [0.3, 0.4) is 0 Å². The minimum atomic E-state index is 0.267. The fourth-order valence-corrected chi connectivity index (χ4v) is 8.70. The number of hydrogen-bond acceptors (Lipinski definition) is 1. The Kier molecular flexibility index (Phi) is 6.22. The molecule has 7 aromatic carbocycles. The van der Waals surface area contributed by atoms with Gasteiger partial charge in [-0.05, 0) is 0 Å². The van der Waals surface area contributed by atoms with Gasteiger partial charge in [-0.25, -0.2) is 0 Å². The molecule has 1 aromatic heterocycles. The molecular formula is C40H27NSe. The third-order valence-electron chi connectivity index (χ3n) is 8.07. The van der Waals surface area contributed by atoms with Crippen molar-refractivity contribution in [3.63, 3.8) is 0 Å². The number of anilines is 3. The van der Waals surface area contributed by atoms with Crippen LogP contribution in [0.4, 0.5) is 17.1 Å². The Bertz CT molecular complexity index is 2180. The van der Waals surface area contributed by atoms with Crippen LogP contribution in [0.5, 0.6) is 0 Å². The Morgan fingerprint density at radius 3 is 1.86 bits per heavy atom. The Balaban J connectivity index is 1.27. The Morgan fingerprint density at radius 1 is 0.405 bits per heavy atom. The Morgan fingerprint density at radius 2 is 1.02 bits per heavy atom. The summed E-state index contributed by atoms with van der Waals surface area (Å²) in [5.74, 6) is 0. The minimum Gasteiger partial charge on any atom is -0.0617 e. The van der Waals surface area contributed by atoms with Gasteiger partial charge in [0.05, 0.1) is 0 Å². The van der Waals surface area contributed by atoms with Crippen LogP contribution in [0.2, 0.25) is 0 Å². The van der Waals surface area contributed by atoms with Crippen LogP contribution in [0, 0.1) is 0 Å². The van der Waals surface area contributed by atoms with Gasteiger partial charge in [-0.2, -0.15) is 0 Å². The van der Waals surface area contributed by atoms with E-state index in [2.05, 4.69) is 169 Å². The molecule has 1 heterocycles. The van der Waals surface area contributed by atoms with Crippen LogP contribution in [0.1, 0.15) is 0 Å². The second-order valence-electron chi connectivity index (χ2n) is 10.6. The van der Waals surface area contributed by atoms with E-state index in [9.17, 15) is 0 Å². The zero-order valence-electron chi connectivity index (χ0n) is 22.9. The van der Waals surface area contributed by atoms with Crippen molar-refractivity contribution in [1.29, 1.82) is 0 Å². The third kappa shape index (κ3) is 4.33. The van der Waals surface area contributed by atoms with Gasteiger partial charge in [-0.1, -0.05) is 18.2 Å². The van der Waals surface area contributed by atoms with Gasteiger partial charge in [0.25, 0.3) is 0 Å². The van der Waals surface area contributed by atoms with Crippen molar-refractivity contribution in [3.05, 3.63) is 164 Å². The SMILES string of the molecule is c1ccc(-c2ccc(N(c3ccccc3)c3ccccc3-c3ccc4c(c3)[se]c3c5ccccc5ccc43)cc2)cc1. The quantitative estimate of drug-likeness (QED) is 0.178. The Labute approximate surface area is 251 Å². The summed E-state index contributed by atoms with van der Waals surface area (Å²) in [6.07, 6.45) is 0. The van der Waals surface area contributed by atoms with Gasteiger partial charge in [0.15, 0.2) is 0 Å². The molecule has 0 aliphatic carbocycles. The van der Waals surface area contributed by atoms with E-state index in [1.807, 2.05) is 0 Å². The molecule has 0 saturated heterocycles. The van der Waals surface area contributed by atoms with Gasteiger partial charge in [-0.3, -0.25) is 0 Å². The average molecular weight is 601 g/mol. The number of hydrogen-bond donors (Lipinski definition) is 0. The molecule has 0 bridgehead atoms. The van der Waals surface area contributed by atoms with Crippen molar-refractivity contribution in [1.82, 2.24) is 0 Å². The second kappa shape index (κ2) is 10.5. The molecule has 0 aliphatic rings. The average Bonchev–Trinajstić information content (AvgIpc) is 3.45. The third-order valence-corrected chi connectivity index (χ3v) is 10.6. The standard InChI is InChI=1S/C40H27NSe/c1-3-11-28(12-4-1)29-19-23-33(24-20-29)41(32-14-5-2-6-15-32)38-18-10-9-16-34(38)31-22-25-36-37-26-21-30-13-7-8-17-35(30)40(37)42-39(36)27-31/h1-27H. The summed E-state index contributed by atoms with van der Waals surface area (Å²) in [6, 6.07) is 59.4. The van der Waals surface area contributed by atoms with Crippen molar-refractivity contribution < 1.29 is 0 Å². The first-order valence-electron chi connectivity index (χ1n) is 14.3. The number of fused-ring (bicyclic) bond motifs is 5. The van der Waals surface area contributed by atoms with Crippen molar-refractivity contribution in [3.8, 4) is 22.3 Å². The van der Waals surface area contributed by atoms with Crippen LogP contribution in [-0.2, 0) is 0 Å². The van der Waals surface area contributed by atoms with Gasteiger partial charge in [0.2, 0.25) is 0 Å². The molecule has 1 nitrogen and oxygen atoms in total. The monoisotopic (exact) mass is 601 g/mol. The number of nitrogens with zero attached hydrogens (tertiary/aromatic N) is 1. The molecule has 0 aliphatic heterocycles.